The summed E-state index contributed by atoms with van der Waals surface area (Å²) in [5, 5.41) is 10.5. The lowest BCUT2D eigenvalue weighted by Gasteiger charge is -1.97. The molecule has 1 aromatic carbocycles. The van der Waals surface area contributed by atoms with Gasteiger partial charge in [0.15, 0.2) is 0 Å². The van der Waals surface area contributed by atoms with Crippen LogP contribution in [0.5, 0.6) is 0 Å². The third-order valence-electron chi connectivity index (χ3n) is 2.10. The monoisotopic (exact) mass is 220 g/mol. The van der Waals surface area contributed by atoms with E-state index in [1.165, 1.54) is 12.1 Å². The van der Waals surface area contributed by atoms with Crippen LogP contribution >= 0.6 is 11.3 Å². The smallest absolute Gasteiger partial charge is 0.258 e. The normalized spacial score (nSPS) is 10.2. The second-order valence-corrected chi connectivity index (χ2v) is 4.12. The Hall–Kier alpha value is -1.75. The third-order valence-corrected chi connectivity index (χ3v) is 2.85. The summed E-state index contributed by atoms with van der Waals surface area (Å²) in [5.74, 6) is 0. The van der Waals surface area contributed by atoms with Gasteiger partial charge in [-0.3, -0.25) is 10.1 Å². The summed E-state index contributed by atoms with van der Waals surface area (Å²) < 4.78 is 0. The van der Waals surface area contributed by atoms with Crippen LogP contribution in [0.25, 0.3) is 11.3 Å². The Balaban J connectivity index is 2.40. The quantitative estimate of drug-likeness (QED) is 0.577. The Kier molecular flexibility index (Phi) is 2.47. The fourth-order valence-electron chi connectivity index (χ4n) is 1.32. The van der Waals surface area contributed by atoms with E-state index in [9.17, 15) is 10.1 Å². The summed E-state index contributed by atoms with van der Waals surface area (Å²) >= 11 is 1.56. The van der Waals surface area contributed by atoms with Gasteiger partial charge in [-0.25, -0.2) is 4.98 Å². The lowest BCUT2D eigenvalue weighted by atomic mass is 10.1. The minimum absolute atomic E-state index is 0.103. The molecule has 2 aromatic rings. The molecule has 1 heterocycles. The first-order chi connectivity index (χ1) is 7.18. The Morgan fingerprint density at radius 3 is 2.47 bits per heavy atom. The second-order valence-electron chi connectivity index (χ2n) is 3.06. The van der Waals surface area contributed by atoms with E-state index in [1.807, 2.05) is 6.92 Å². The largest absolute Gasteiger partial charge is 0.269 e. The minimum Gasteiger partial charge on any atom is -0.258 e. The molecule has 0 aliphatic rings. The molecule has 4 nitrogen and oxygen atoms in total. The zero-order chi connectivity index (χ0) is 10.8. The van der Waals surface area contributed by atoms with Gasteiger partial charge < -0.3 is 0 Å². The van der Waals surface area contributed by atoms with Crippen LogP contribution in [0.4, 0.5) is 5.69 Å². The van der Waals surface area contributed by atoms with Crippen molar-refractivity contribution >= 4 is 17.0 Å². The van der Waals surface area contributed by atoms with Crippen molar-refractivity contribution in [2.45, 2.75) is 6.92 Å². The van der Waals surface area contributed by atoms with E-state index in [2.05, 4.69) is 4.98 Å². The zero-order valence-electron chi connectivity index (χ0n) is 8.01. The Bertz CT molecular complexity index is 490. The average Bonchev–Trinajstić information content (AvgIpc) is 2.65. The summed E-state index contributed by atoms with van der Waals surface area (Å²) in [5.41, 5.74) is 3.69. The van der Waals surface area contributed by atoms with E-state index in [-0.39, 0.29) is 5.69 Å². The molecule has 0 saturated carbocycles. The summed E-state index contributed by atoms with van der Waals surface area (Å²) in [4.78, 5) is 15.4. The molecule has 15 heavy (non-hydrogen) atoms. The molecule has 76 valence electrons. The van der Waals surface area contributed by atoms with Crippen LogP contribution in [0.1, 0.15) is 4.88 Å². The number of thiazole rings is 1. The molecule has 0 saturated heterocycles. The minimum atomic E-state index is -0.405. The van der Waals surface area contributed by atoms with Gasteiger partial charge in [-0.2, -0.15) is 0 Å². The first-order valence-corrected chi connectivity index (χ1v) is 5.21. The van der Waals surface area contributed by atoms with Gasteiger partial charge in [-0.1, -0.05) is 0 Å². The lowest BCUT2D eigenvalue weighted by molar-refractivity contribution is -0.384. The van der Waals surface area contributed by atoms with E-state index in [0.717, 1.165) is 16.1 Å². The number of hydrogen-bond donors (Lipinski definition) is 0. The molecule has 0 aliphatic carbocycles. The van der Waals surface area contributed by atoms with Crippen molar-refractivity contribution in [1.29, 1.82) is 0 Å². The van der Waals surface area contributed by atoms with E-state index < -0.39 is 4.92 Å². The summed E-state index contributed by atoms with van der Waals surface area (Å²) in [7, 11) is 0. The maximum atomic E-state index is 10.5. The van der Waals surface area contributed by atoms with Crippen LogP contribution < -0.4 is 0 Å². The van der Waals surface area contributed by atoms with Crippen LogP contribution in [0.2, 0.25) is 0 Å². The van der Waals surface area contributed by atoms with Crippen molar-refractivity contribution in [3.63, 3.8) is 0 Å². The number of nitrogens with zero attached hydrogens (tertiary/aromatic N) is 2. The topological polar surface area (TPSA) is 56.0 Å². The van der Waals surface area contributed by atoms with Crippen molar-refractivity contribution < 1.29 is 4.92 Å². The summed E-state index contributed by atoms with van der Waals surface area (Å²) in [6, 6.07) is 6.43. The molecule has 5 heteroatoms. The molecule has 0 amide bonds. The number of nitro groups is 1. The highest BCUT2D eigenvalue weighted by Crippen LogP contribution is 2.25. The number of aryl methyl sites for hydroxylation is 1. The van der Waals surface area contributed by atoms with Gasteiger partial charge in [-0.15, -0.1) is 11.3 Å². The van der Waals surface area contributed by atoms with Crippen LogP contribution in [0.15, 0.2) is 29.8 Å². The molecular formula is C10H8N2O2S. The SMILES string of the molecule is Cc1scnc1-c1ccc([N+](=O)[O-])cc1. The Morgan fingerprint density at radius 2 is 2.00 bits per heavy atom. The number of benzene rings is 1. The highest BCUT2D eigenvalue weighted by atomic mass is 32.1. The fourth-order valence-corrected chi connectivity index (χ4v) is 1.92. The van der Waals surface area contributed by atoms with E-state index in [4.69, 9.17) is 0 Å². The number of rotatable bonds is 2. The molecule has 0 atom stereocenters. The average molecular weight is 220 g/mol. The van der Waals surface area contributed by atoms with E-state index in [1.54, 1.807) is 29.0 Å². The molecule has 0 N–H and O–H groups in total. The van der Waals surface area contributed by atoms with Crippen LogP contribution in [0.3, 0.4) is 0 Å². The summed E-state index contributed by atoms with van der Waals surface area (Å²) in [6.07, 6.45) is 0. The molecule has 0 fully saturated rings. The van der Waals surface area contributed by atoms with Gasteiger partial charge in [-0.05, 0) is 19.1 Å². The molecule has 0 unspecified atom stereocenters. The van der Waals surface area contributed by atoms with Gasteiger partial charge in [0.2, 0.25) is 0 Å². The van der Waals surface area contributed by atoms with Gasteiger partial charge >= 0.3 is 0 Å². The molecule has 0 bridgehead atoms. The molecule has 0 radical (unpaired) electrons. The number of non-ortho nitro benzene ring substituents is 1. The maximum Gasteiger partial charge on any atom is 0.269 e. The predicted octanol–water partition coefficient (Wildman–Crippen LogP) is 3.03. The first kappa shape index (κ1) is 9.79. The maximum absolute atomic E-state index is 10.5. The van der Waals surface area contributed by atoms with Crippen LogP contribution in [-0.2, 0) is 0 Å². The Labute approximate surface area is 90.4 Å². The van der Waals surface area contributed by atoms with Crippen LogP contribution in [0, 0.1) is 17.0 Å². The molecule has 2 rings (SSSR count). The second kappa shape index (κ2) is 3.78. The lowest BCUT2D eigenvalue weighted by Crippen LogP contribution is -1.87. The predicted molar refractivity (Wildman–Crippen MR) is 58.9 cm³/mol. The molecular weight excluding hydrogens is 212 g/mol. The molecule has 1 aromatic heterocycles. The summed E-state index contributed by atoms with van der Waals surface area (Å²) in [6.45, 7) is 1.98. The standard InChI is InChI=1S/C10H8N2O2S/c1-7-10(11-6-15-7)8-2-4-9(5-3-8)12(13)14/h2-6H,1H3. The van der Waals surface area contributed by atoms with E-state index in [0.29, 0.717) is 0 Å². The Morgan fingerprint density at radius 1 is 1.33 bits per heavy atom. The van der Waals surface area contributed by atoms with Gasteiger partial charge in [0, 0.05) is 22.6 Å². The zero-order valence-corrected chi connectivity index (χ0v) is 8.82. The van der Waals surface area contributed by atoms with E-state index >= 15 is 0 Å². The highest BCUT2D eigenvalue weighted by molar-refractivity contribution is 7.10. The van der Waals surface area contributed by atoms with Crippen LogP contribution in [-0.4, -0.2) is 9.91 Å². The third kappa shape index (κ3) is 1.87. The van der Waals surface area contributed by atoms with Crippen molar-refractivity contribution in [3.8, 4) is 11.3 Å². The van der Waals surface area contributed by atoms with Gasteiger partial charge in [0.25, 0.3) is 5.69 Å². The molecule has 0 spiro atoms. The van der Waals surface area contributed by atoms with Crippen molar-refractivity contribution in [2.24, 2.45) is 0 Å². The number of hydrogen-bond acceptors (Lipinski definition) is 4. The van der Waals surface area contributed by atoms with Crippen molar-refractivity contribution in [2.75, 3.05) is 0 Å². The molecule has 0 aliphatic heterocycles. The van der Waals surface area contributed by atoms with Gasteiger partial charge in [0.05, 0.1) is 16.1 Å². The van der Waals surface area contributed by atoms with Crippen molar-refractivity contribution in [1.82, 2.24) is 4.98 Å². The first-order valence-electron chi connectivity index (χ1n) is 4.33. The fraction of sp³-hybridized carbons (Fsp3) is 0.100. The van der Waals surface area contributed by atoms with Crippen molar-refractivity contribution in [3.05, 3.63) is 44.8 Å². The number of aromatic nitrogens is 1. The number of nitro benzene ring substituents is 1. The van der Waals surface area contributed by atoms with Gasteiger partial charge in [0.1, 0.15) is 0 Å². The highest BCUT2D eigenvalue weighted by Gasteiger charge is 2.08.